The number of nitrogens with one attached hydrogen (secondary N) is 3. The Bertz CT molecular complexity index is 2440. The largest absolute Gasteiger partial charge is 0.376 e. The van der Waals surface area contributed by atoms with Crippen LogP contribution >= 0.6 is 23.4 Å². The van der Waals surface area contributed by atoms with Crippen molar-refractivity contribution in [3.05, 3.63) is 148 Å². The fourth-order valence-corrected chi connectivity index (χ4v) is 9.62. The first-order chi connectivity index (χ1) is 30.9. The topological polar surface area (TPSA) is 177 Å². The van der Waals surface area contributed by atoms with E-state index >= 15 is 0 Å². The summed E-state index contributed by atoms with van der Waals surface area (Å²) in [7, 11) is -2.49. The SMILES string of the molecule is CN(CCCCCC(=O)NO)CC[C@H](CSc1ccccc1)Nc1ccc(S(=O)(=O)NC(=O)c2ccc(N3CCN(Cc4ccccc4-c4ccc(Cl)cc4)CC3)cc2)cc1[N+](=O)[O-]. The second-order valence-corrected chi connectivity index (χ2v) is 19.0. The highest BCUT2D eigenvalue weighted by Gasteiger charge is 2.26. The van der Waals surface area contributed by atoms with Gasteiger partial charge in [0.1, 0.15) is 5.69 Å². The number of amides is 2. The lowest BCUT2D eigenvalue weighted by atomic mass is 9.99. The second kappa shape index (κ2) is 23.4. The first-order valence-electron chi connectivity index (χ1n) is 21.2. The van der Waals surface area contributed by atoms with Crippen LogP contribution in [-0.4, -0.2) is 98.3 Å². The Morgan fingerprint density at radius 2 is 1.58 bits per heavy atom. The number of nitrogens with zero attached hydrogens (tertiary/aromatic N) is 4. The minimum atomic E-state index is -4.48. The number of carbonyl (C=O) groups excluding carboxylic acids is 2. The Hall–Kier alpha value is -5.49. The highest BCUT2D eigenvalue weighted by molar-refractivity contribution is 7.99. The zero-order valence-corrected chi connectivity index (χ0v) is 38.1. The number of anilines is 2. The number of piperazine rings is 1. The minimum absolute atomic E-state index is 0.135. The predicted molar refractivity (Wildman–Crippen MR) is 254 cm³/mol. The number of thioether (sulfide) groups is 1. The number of hydrogen-bond donors (Lipinski definition) is 4. The maximum atomic E-state index is 13.5. The van der Waals surface area contributed by atoms with Crippen molar-refractivity contribution in [3.8, 4) is 11.1 Å². The zero-order valence-electron chi connectivity index (χ0n) is 35.7. The molecule has 1 heterocycles. The summed E-state index contributed by atoms with van der Waals surface area (Å²) in [6.07, 6.45) is 3.23. The number of sulfonamides is 1. The van der Waals surface area contributed by atoms with Gasteiger partial charge in [0.25, 0.3) is 21.6 Å². The average molecular weight is 929 g/mol. The van der Waals surface area contributed by atoms with Gasteiger partial charge in [-0.25, -0.2) is 18.6 Å². The molecular formula is C47H54ClN7O7S2. The Balaban J connectivity index is 1.04. The van der Waals surface area contributed by atoms with Gasteiger partial charge in [-0.15, -0.1) is 11.8 Å². The number of hydrogen-bond acceptors (Lipinski definition) is 12. The molecule has 1 fully saturated rings. The smallest absolute Gasteiger partial charge is 0.293 e. The second-order valence-electron chi connectivity index (χ2n) is 15.7. The average Bonchev–Trinajstić information content (AvgIpc) is 3.30. The van der Waals surface area contributed by atoms with E-state index in [9.17, 15) is 28.1 Å². The molecule has 1 aliphatic heterocycles. The van der Waals surface area contributed by atoms with Crippen molar-refractivity contribution in [1.29, 1.82) is 0 Å². The summed E-state index contributed by atoms with van der Waals surface area (Å²) >= 11 is 7.73. The van der Waals surface area contributed by atoms with Crippen LogP contribution in [0.15, 0.2) is 131 Å². The molecule has 338 valence electrons. The van der Waals surface area contributed by atoms with Crippen LogP contribution in [-0.2, 0) is 21.4 Å². The lowest BCUT2D eigenvalue weighted by Gasteiger charge is -2.36. The van der Waals surface area contributed by atoms with E-state index in [4.69, 9.17) is 16.8 Å². The Morgan fingerprint density at radius 3 is 2.28 bits per heavy atom. The van der Waals surface area contributed by atoms with Crippen LogP contribution in [0.3, 0.4) is 0 Å². The van der Waals surface area contributed by atoms with Crippen LogP contribution in [0, 0.1) is 10.1 Å². The number of nitro groups is 1. The fraction of sp³-hybridized carbons (Fsp3) is 0.319. The number of rotatable bonds is 22. The molecule has 14 nitrogen and oxygen atoms in total. The van der Waals surface area contributed by atoms with E-state index in [-0.39, 0.29) is 23.7 Å². The summed E-state index contributed by atoms with van der Waals surface area (Å²) in [6.45, 7) is 5.46. The van der Waals surface area contributed by atoms with Crippen LogP contribution in [0.1, 0.15) is 48.0 Å². The van der Waals surface area contributed by atoms with Gasteiger partial charge in [-0.3, -0.25) is 29.8 Å². The Kier molecular flexibility index (Phi) is 17.6. The number of halogens is 1. The zero-order chi connectivity index (χ0) is 45.5. The van der Waals surface area contributed by atoms with Gasteiger partial charge in [-0.05, 0) is 117 Å². The monoisotopic (exact) mass is 927 g/mol. The summed E-state index contributed by atoms with van der Waals surface area (Å²) in [5.74, 6) is -0.675. The molecule has 1 atom stereocenters. The van der Waals surface area contributed by atoms with Crippen molar-refractivity contribution in [2.45, 2.75) is 54.5 Å². The van der Waals surface area contributed by atoms with E-state index < -0.39 is 37.3 Å². The van der Waals surface area contributed by atoms with Crippen LogP contribution in [0.5, 0.6) is 0 Å². The third-order valence-corrected chi connectivity index (χ3v) is 13.9. The van der Waals surface area contributed by atoms with Crippen molar-refractivity contribution in [1.82, 2.24) is 20.0 Å². The molecule has 2 amide bonds. The predicted octanol–water partition coefficient (Wildman–Crippen LogP) is 8.32. The lowest BCUT2D eigenvalue weighted by molar-refractivity contribution is -0.384. The number of carbonyl (C=O) groups is 2. The van der Waals surface area contributed by atoms with E-state index in [1.165, 1.54) is 23.3 Å². The van der Waals surface area contributed by atoms with E-state index in [2.05, 4.69) is 42.9 Å². The summed E-state index contributed by atoms with van der Waals surface area (Å²) in [5.41, 5.74) is 5.95. The molecule has 0 aliphatic carbocycles. The van der Waals surface area contributed by atoms with Crippen LogP contribution in [0.2, 0.25) is 5.02 Å². The van der Waals surface area contributed by atoms with Crippen molar-refractivity contribution >= 4 is 62.3 Å². The standard InChI is InChI=1S/C47H54ClN7O7S2/c1-52(26-9-3-6-14-46(56)50-58)27-25-39(34-63-41-11-4-2-5-12-41)49-44-24-23-42(32-45(44)55(59)60)64(61,62)51-47(57)36-17-21-40(22-18-36)54-30-28-53(29-31-54)33-37-10-7-8-13-43(37)35-15-19-38(48)20-16-35/h2,4-5,7-8,10-13,15-24,32,39,49,58H,3,6,9,14,25-31,33-34H2,1H3,(H,50,56)(H,51,57)/t39-/m1/s1. The third-order valence-electron chi connectivity index (χ3n) is 11.1. The molecule has 4 N–H and O–H groups in total. The maximum absolute atomic E-state index is 13.5. The molecule has 1 saturated heterocycles. The first-order valence-corrected chi connectivity index (χ1v) is 24.1. The summed E-state index contributed by atoms with van der Waals surface area (Å²) in [6, 6.07) is 36.2. The van der Waals surface area contributed by atoms with Crippen molar-refractivity contribution in [2.75, 3.05) is 62.3 Å². The minimum Gasteiger partial charge on any atom is -0.376 e. The summed E-state index contributed by atoms with van der Waals surface area (Å²) in [5, 5.41) is 25.1. The molecule has 0 saturated carbocycles. The molecule has 0 spiro atoms. The van der Waals surface area contributed by atoms with Gasteiger partial charge in [0.05, 0.1) is 9.82 Å². The highest BCUT2D eigenvalue weighted by Crippen LogP contribution is 2.31. The molecular weight excluding hydrogens is 874 g/mol. The molecule has 5 aromatic carbocycles. The first kappa shape index (κ1) is 48.0. The van der Waals surface area contributed by atoms with E-state index in [0.29, 0.717) is 30.2 Å². The van der Waals surface area contributed by atoms with Crippen molar-refractivity contribution in [2.24, 2.45) is 0 Å². The van der Waals surface area contributed by atoms with Crippen LogP contribution < -0.4 is 20.4 Å². The number of nitro benzene ring substituents is 1. The molecule has 0 aromatic heterocycles. The van der Waals surface area contributed by atoms with E-state index in [1.54, 1.807) is 41.5 Å². The van der Waals surface area contributed by atoms with Gasteiger partial charge < -0.3 is 15.1 Å². The lowest BCUT2D eigenvalue weighted by Crippen LogP contribution is -2.46. The molecule has 6 rings (SSSR count). The van der Waals surface area contributed by atoms with E-state index in [0.717, 1.165) is 74.3 Å². The number of benzene rings is 5. The van der Waals surface area contributed by atoms with Crippen LogP contribution in [0.4, 0.5) is 17.1 Å². The molecule has 17 heteroatoms. The molecule has 1 aliphatic rings. The summed E-state index contributed by atoms with van der Waals surface area (Å²) < 4.78 is 29.1. The quantitative estimate of drug-likeness (QED) is 0.0172. The van der Waals surface area contributed by atoms with Gasteiger partial charge in [0.2, 0.25) is 5.91 Å². The number of unbranched alkanes of at least 4 members (excludes halogenated alkanes) is 2. The molecule has 0 radical (unpaired) electrons. The molecule has 0 unspecified atom stereocenters. The Labute approximate surface area is 384 Å². The van der Waals surface area contributed by atoms with Gasteiger partial charge in [0, 0.05) is 78.2 Å². The number of hydroxylamine groups is 1. The van der Waals surface area contributed by atoms with Crippen LogP contribution in [0.25, 0.3) is 11.1 Å². The summed E-state index contributed by atoms with van der Waals surface area (Å²) in [4.78, 5) is 43.7. The highest BCUT2D eigenvalue weighted by atomic mass is 35.5. The Morgan fingerprint density at radius 1 is 0.875 bits per heavy atom. The van der Waals surface area contributed by atoms with Gasteiger partial charge in [0.15, 0.2) is 0 Å². The maximum Gasteiger partial charge on any atom is 0.293 e. The normalized spacial score (nSPS) is 13.7. The molecule has 0 bridgehead atoms. The van der Waals surface area contributed by atoms with Crippen molar-refractivity contribution < 1.29 is 28.1 Å². The van der Waals surface area contributed by atoms with E-state index in [1.807, 2.05) is 67.7 Å². The van der Waals surface area contributed by atoms with Gasteiger partial charge >= 0.3 is 0 Å². The van der Waals surface area contributed by atoms with Gasteiger partial charge in [-0.1, -0.05) is 72.6 Å². The van der Waals surface area contributed by atoms with Gasteiger partial charge in [-0.2, -0.15) is 0 Å². The molecule has 5 aromatic rings. The molecule has 64 heavy (non-hydrogen) atoms. The van der Waals surface area contributed by atoms with Crippen molar-refractivity contribution in [3.63, 3.8) is 0 Å². The third kappa shape index (κ3) is 14.0. The fourth-order valence-electron chi connectivity index (χ4n) is 7.51.